The topological polar surface area (TPSA) is 90.0 Å². The Bertz CT molecular complexity index is 374. The van der Waals surface area contributed by atoms with Crippen molar-refractivity contribution >= 4 is 27.7 Å². The molecular weight excluding hydrogens is 252 g/mol. The maximum absolute atomic E-state index is 11.4. The van der Waals surface area contributed by atoms with Crippen LogP contribution in [0.3, 0.4) is 0 Å². The van der Waals surface area contributed by atoms with Gasteiger partial charge in [-0.3, -0.25) is 14.3 Å². The zero-order chi connectivity index (χ0) is 10.7. The van der Waals surface area contributed by atoms with E-state index in [9.17, 15) is 9.59 Å². The van der Waals surface area contributed by atoms with Gasteiger partial charge in [0.1, 0.15) is 4.60 Å². The summed E-state index contributed by atoms with van der Waals surface area (Å²) < 4.78 is 2.05. The van der Waals surface area contributed by atoms with E-state index in [4.69, 9.17) is 5.73 Å². The van der Waals surface area contributed by atoms with Crippen LogP contribution in [0.15, 0.2) is 10.8 Å². The van der Waals surface area contributed by atoms with E-state index in [1.807, 2.05) is 0 Å². The Morgan fingerprint density at radius 3 is 2.79 bits per heavy atom. The fourth-order valence-electron chi connectivity index (χ4n) is 0.838. The first kappa shape index (κ1) is 10.7. The lowest BCUT2D eigenvalue weighted by atomic mass is 10.3. The van der Waals surface area contributed by atoms with Crippen molar-refractivity contribution in [3.05, 3.63) is 16.4 Å². The minimum absolute atomic E-state index is 0.180. The number of carbonyl (C=O) groups excluding carboxylic acids is 2. The predicted molar refractivity (Wildman–Crippen MR) is 52.4 cm³/mol. The summed E-state index contributed by atoms with van der Waals surface area (Å²) in [5.41, 5.74) is 5.25. The van der Waals surface area contributed by atoms with Crippen LogP contribution in [-0.2, 0) is 11.8 Å². The summed E-state index contributed by atoms with van der Waals surface area (Å²) >= 11 is 3.18. The molecule has 0 aliphatic heterocycles. The molecule has 1 aromatic rings. The highest BCUT2D eigenvalue weighted by Gasteiger charge is 2.13. The van der Waals surface area contributed by atoms with Gasteiger partial charge in [0.15, 0.2) is 0 Å². The highest BCUT2D eigenvalue weighted by molar-refractivity contribution is 9.10. The lowest BCUT2D eigenvalue weighted by molar-refractivity contribution is -0.117. The molecule has 0 aliphatic rings. The van der Waals surface area contributed by atoms with Gasteiger partial charge in [0.2, 0.25) is 5.91 Å². The van der Waals surface area contributed by atoms with E-state index in [1.165, 1.54) is 10.9 Å². The molecule has 2 amide bonds. The number of aromatic nitrogens is 2. The Morgan fingerprint density at radius 2 is 2.36 bits per heavy atom. The van der Waals surface area contributed by atoms with Crippen LogP contribution >= 0.6 is 15.9 Å². The molecule has 0 saturated heterocycles. The minimum Gasteiger partial charge on any atom is -0.368 e. The van der Waals surface area contributed by atoms with Crippen molar-refractivity contribution in [3.63, 3.8) is 0 Å². The Hall–Kier alpha value is -1.37. The van der Waals surface area contributed by atoms with Gasteiger partial charge in [0.25, 0.3) is 5.91 Å². The summed E-state index contributed by atoms with van der Waals surface area (Å²) in [7, 11) is 1.69. The number of halogens is 1. The van der Waals surface area contributed by atoms with E-state index in [2.05, 4.69) is 26.3 Å². The molecule has 0 fully saturated rings. The van der Waals surface area contributed by atoms with Crippen molar-refractivity contribution in [1.29, 1.82) is 0 Å². The van der Waals surface area contributed by atoms with Gasteiger partial charge in [0.05, 0.1) is 18.3 Å². The van der Waals surface area contributed by atoms with Gasteiger partial charge < -0.3 is 11.1 Å². The van der Waals surface area contributed by atoms with Crippen LogP contribution in [-0.4, -0.2) is 28.1 Å². The highest BCUT2D eigenvalue weighted by Crippen LogP contribution is 2.14. The van der Waals surface area contributed by atoms with Crippen molar-refractivity contribution in [1.82, 2.24) is 15.1 Å². The third-order valence-electron chi connectivity index (χ3n) is 1.53. The average molecular weight is 261 g/mol. The van der Waals surface area contributed by atoms with Crippen molar-refractivity contribution < 1.29 is 9.59 Å². The fraction of sp³-hybridized carbons (Fsp3) is 0.286. The monoisotopic (exact) mass is 260 g/mol. The minimum atomic E-state index is -0.585. The van der Waals surface area contributed by atoms with Gasteiger partial charge >= 0.3 is 0 Å². The number of nitrogens with two attached hydrogens (primary N) is 1. The Morgan fingerprint density at radius 1 is 1.71 bits per heavy atom. The molecular formula is C7H9BrN4O2. The molecule has 14 heavy (non-hydrogen) atoms. The maximum Gasteiger partial charge on any atom is 0.256 e. The number of rotatable bonds is 3. The second-order valence-electron chi connectivity index (χ2n) is 2.62. The lowest BCUT2D eigenvalue weighted by Gasteiger charge is -2.00. The van der Waals surface area contributed by atoms with Crippen LogP contribution in [0.5, 0.6) is 0 Å². The van der Waals surface area contributed by atoms with Crippen LogP contribution in [0.2, 0.25) is 0 Å². The number of hydrogen-bond donors (Lipinski definition) is 2. The largest absolute Gasteiger partial charge is 0.368 e. The molecule has 76 valence electrons. The number of amides is 2. The number of carbonyl (C=O) groups is 2. The van der Waals surface area contributed by atoms with Crippen LogP contribution in [0.1, 0.15) is 10.4 Å². The number of aryl methyl sites for hydroxylation is 1. The van der Waals surface area contributed by atoms with Crippen LogP contribution < -0.4 is 11.1 Å². The summed E-state index contributed by atoms with van der Waals surface area (Å²) in [5.74, 6) is -0.970. The molecule has 0 spiro atoms. The lowest BCUT2D eigenvalue weighted by Crippen LogP contribution is -2.33. The van der Waals surface area contributed by atoms with Crippen LogP contribution in [0.4, 0.5) is 0 Å². The molecule has 1 rings (SSSR count). The molecule has 0 bridgehead atoms. The first-order valence-corrected chi connectivity index (χ1v) is 4.55. The predicted octanol–water partition coefficient (Wildman–Crippen LogP) is -0.602. The van der Waals surface area contributed by atoms with Gasteiger partial charge in [-0.2, -0.15) is 5.10 Å². The van der Waals surface area contributed by atoms with Crippen molar-refractivity contribution in [2.45, 2.75) is 0 Å². The van der Waals surface area contributed by atoms with Gasteiger partial charge in [-0.1, -0.05) is 0 Å². The van der Waals surface area contributed by atoms with E-state index < -0.39 is 5.91 Å². The number of hydrogen-bond acceptors (Lipinski definition) is 3. The van der Waals surface area contributed by atoms with Gasteiger partial charge in [-0.05, 0) is 15.9 Å². The van der Waals surface area contributed by atoms with Crippen molar-refractivity contribution in [2.75, 3.05) is 6.54 Å². The van der Waals surface area contributed by atoms with Crippen molar-refractivity contribution in [2.24, 2.45) is 12.8 Å². The smallest absolute Gasteiger partial charge is 0.256 e. The van der Waals surface area contributed by atoms with Crippen LogP contribution in [0, 0.1) is 0 Å². The molecule has 0 unspecified atom stereocenters. The standard InChI is InChI=1S/C7H9BrN4O2/c1-12-6(8)4(2-11-12)7(14)10-3-5(9)13/h2H,3H2,1H3,(H2,9,13)(H,10,14). The summed E-state index contributed by atoms with van der Waals surface area (Å²) in [6, 6.07) is 0. The Kier molecular flexibility index (Phi) is 3.23. The molecule has 0 aliphatic carbocycles. The molecule has 0 radical (unpaired) electrons. The first-order valence-electron chi connectivity index (χ1n) is 3.76. The van der Waals surface area contributed by atoms with Gasteiger partial charge in [0, 0.05) is 7.05 Å². The van der Waals surface area contributed by atoms with Crippen LogP contribution in [0.25, 0.3) is 0 Å². The van der Waals surface area contributed by atoms with Crippen molar-refractivity contribution in [3.8, 4) is 0 Å². The number of nitrogens with zero attached hydrogens (tertiary/aromatic N) is 2. The second kappa shape index (κ2) is 4.23. The highest BCUT2D eigenvalue weighted by atomic mass is 79.9. The zero-order valence-electron chi connectivity index (χ0n) is 7.45. The molecule has 0 aromatic carbocycles. The fourth-order valence-corrected chi connectivity index (χ4v) is 1.21. The normalized spacial score (nSPS) is 9.86. The maximum atomic E-state index is 11.4. The number of primary amides is 1. The zero-order valence-corrected chi connectivity index (χ0v) is 9.04. The van der Waals surface area contributed by atoms with E-state index in [0.717, 1.165) is 0 Å². The Labute approximate surface area is 88.6 Å². The molecule has 0 saturated carbocycles. The molecule has 7 heteroatoms. The molecule has 1 aromatic heterocycles. The third kappa shape index (κ3) is 2.32. The summed E-state index contributed by atoms with van der Waals surface area (Å²) in [4.78, 5) is 21.8. The summed E-state index contributed by atoms with van der Waals surface area (Å²) in [6.07, 6.45) is 1.40. The molecule has 3 N–H and O–H groups in total. The molecule has 0 atom stereocenters. The first-order chi connectivity index (χ1) is 6.52. The molecule has 1 heterocycles. The van der Waals surface area contributed by atoms with Gasteiger partial charge in [-0.15, -0.1) is 0 Å². The van der Waals surface area contributed by atoms with E-state index in [-0.39, 0.29) is 12.5 Å². The van der Waals surface area contributed by atoms with Gasteiger partial charge in [-0.25, -0.2) is 0 Å². The van der Waals surface area contributed by atoms with E-state index in [0.29, 0.717) is 10.2 Å². The summed E-state index contributed by atoms with van der Waals surface area (Å²) in [5, 5.41) is 6.21. The second-order valence-corrected chi connectivity index (χ2v) is 3.37. The van der Waals surface area contributed by atoms with E-state index in [1.54, 1.807) is 7.05 Å². The Balaban J connectivity index is 2.70. The molecule has 6 nitrogen and oxygen atoms in total. The average Bonchev–Trinajstić information content (AvgIpc) is 2.44. The SMILES string of the molecule is Cn1ncc(C(=O)NCC(N)=O)c1Br. The summed E-state index contributed by atoms with van der Waals surface area (Å²) in [6.45, 7) is -0.180. The third-order valence-corrected chi connectivity index (χ3v) is 2.47. The van der Waals surface area contributed by atoms with E-state index >= 15 is 0 Å². The quantitative estimate of drug-likeness (QED) is 0.761. The number of nitrogens with one attached hydrogen (secondary N) is 1.